The molecule has 0 aromatic heterocycles. The van der Waals surface area contributed by atoms with Crippen LogP contribution in [0.15, 0.2) is 0 Å². The third-order valence-electron chi connectivity index (χ3n) is 0. The normalized spacial score (nSPS) is 8.29. The fourth-order valence-electron chi connectivity index (χ4n) is 0. The molecule has 0 aromatic rings. The molecule has 40 valence electrons. The second-order valence-electron chi connectivity index (χ2n) is 0.448. The largest absolute Gasteiger partial charge is 2.00 e. The van der Waals surface area contributed by atoms with Crippen LogP contribution in [0.1, 0.15) is 5.71 Å². The summed E-state index contributed by atoms with van der Waals surface area (Å²) in [7, 11) is -4.67. The number of hydrogen-bond acceptors (Lipinski definition) is 2. The zero-order valence-electron chi connectivity index (χ0n) is 7.53. The van der Waals surface area contributed by atoms with Gasteiger partial charge in [0.25, 0.3) is 0 Å². The summed E-state index contributed by atoms with van der Waals surface area (Å²) in [4.78, 5) is 0. The molecule has 4 nitrogen and oxygen atoms in total. The molecule has 0 unspecified atom stereocenters. The van der Waals surface area contributed by atoms with Crippen LogP contribution in [0.3, 0.4) is 0 Å². The quantitative estimate of drug-likeness (QED) is 0.422. The molecule has 0 aliphatic carbocycles. The Morgan fingerprint density at radius 2 is 1.14 bits per heavy atom. The van der Waals surface area contributed by atoms with E-state index in [2.05, 4.69) is 0 Å². The summed E-state index contributed by atoms with van der Waals surface area (Å²) in [6.07, 6.45) is 0. The van der Waals surface area contributed by atoms with E-state index < -0.39 is 10.4 Å². The van der Waals surface area contributed by atoms with Gasteiger partial charge in [-0.15, -0.1) is 0 Å². The maximum atomic E-state index is 8.74. The molecular formula is H6Ba2O4S. The van der Waals surface area contributed by atoms with Gasteiger partial charge in [0.05, 0.1) is 0 Å². The molecule has 0 heterocycles. The van der Waals surface area contributed by atoms with Gasteiger partial charge in [0, 0.05) is 0 Å². The van der Waals surface area contributed by atoms with Gasteiger partial charge in [-0.2, -0.15) is 8.42 Å². The first-order valence-electron chi connectivity index (χ1n) is 0.698. The van der Waals surface area contributed by atoms with Gasteiger partial charge in [0.15, 0.2) is 0 Å². The Balaban J connectivity index is -0.00000000533. The molecule has 0 aromatic carbocycles. The topological polar surface area (TPSA) is 74.6 Å². The predicted molar refractivity (Wildman–Crippen MR) is 30.1 cm³/mol. The predicted octanol–water partition coefficient (Wildman–Crippen LogP) is -0.964. The maximum absolute atomic E-state index is 8.74. The Hall–Kier alpha value is 3.01. The summed E-state index contributed by atoms with van der Waals surface area (Å²) in [6.45, 7) is 0. The smallest absolute Gasteiger partial charge is 1.00 e. The Morgan fingerprint density at radius 3 is 1.14 bits per heavy atom. The van der Waals surface area contributed by atoms with Crippen molar-refractivity contribution in [3.8, 4) is 0 Å². The van der Waals surface area contributed by atoms with Crippen molar-refractivity contribution >= 4 is 108 Å². The monoisotopic (exact) mass is 378 g/mol. The fraction of sp³-hybridized carbons (Fsp3) is 0. The summed E-state index contributed by atoms with van der Waals surface area (Å²) < 4.78 is 31.6. The molecule has 0 fully saturated rings. The van der Waals surface area contributed by atoms with Gasteiger partial charge in [-0.05, 0) is 0 Å². The van der Waals surface area contributed by atoms with Gasteiger partial charge in [0.2, 0.25) is 0 Å². The summed E-state index contributed by atoms with van der Waals surface area (Å²) in [6, 6.07) is 0. The molecule has 0 amide bonds. The van der Waals surface area contributed by atoms with Crippen LogP contribution in [0, 0.1) is 0 Å². The number of rotatable bonds is 0. The second kappa shape index (κ2) is 7.12. The standard InChI is InChI=1S/2Ba.H2O4S.4H/c;;1-5(2,3)4;;;;/h;;(H2,1,2,3,4);;;;/q2*+2;;4*-1. The minimum Gasteiger partial charge on any atom is -1.00 e. The molecular weight excluding hydrogens is 371 g/mol. The molecule has 0 bridgehead atoms. The average molecular weight is 377 g/mol. The molecule has 0 atom stereocenters. The molecule has 0 saturated heterocycles. The van der Waals surface area contributed by atoms with Crippen LogP contribution in [-0.4, -0.2) is 115 Å². The van der Waals surface area contributed by atoms with Crippen molar-refractivity contribution in [3.05, 3.63) is 0 Å². The Morgan fingerprint density at radius 1 is 1.14 bits per heavy atom. The summed E-state index contributed by atoms with van der Waals surface area (Å²) >= 11 is 0. The fourth-order valence-corrected chi connectivity index (χ4v) is 0. The van der Waals surface area contributed by atoms with Gasteiger partial charge in [-0.3, -0.25) is 9.11 Å². The van der Waals surface area contributed by atoms with Crippen molar-refractivity contribution in [1.82, 2.24) is 0 Å². The van der Waals surface area contributed by atoms with E-state index in [-0.39, 0.29) is 103 Å². The van der Waals surface area contributed by atoms with Crippen LogP contribution >= 0.6 is 0 Å². The van der Waals surface area contributed by atoms with E-state index in [1.807, 2.05) is 0 Å². The molecule has 0 spiro atoms. The zero-order valence-corrected chi connectivity index (χ0v) is 13.2. The van der Waals surface area contributed by atoms with E-state index in [4.69, 9.17) is 17.5 Å². The Labute approximate surface area is 128 Å². The average Bonchev–Trinajstić information content (AvgIpc) is 0.722. The molecule has 7 heteroatoms. The van der Waals surface area contributed by atoms with Crippen molar-refractivity contribution < 1.29 is 23.2 Å². The molecule has 0 radical (unpaired) electrons. The van der Waals surface area contributed by atoms with Crippen LogP contribution < -0.4 is 0 Å². The molecule has 0 rings (SSSR count). The third-order valence-corrected chi connectivity index (χ3v) is 0. The van der Waals surface area contributed by atoms with Crippen molar-refractivity contribution in [3.63, 3.8) is 0 Å². The van der Waals surface area contributed by atoms with Gasteiger partial charge < -0.3 is 5.71 Å². The van der Waals surface area contributed by atoms with E-state index in [0.717, 1.165) is 0 Å². The minimum absolute atomic E-state index is 0. The molecule has 7 heavy (non-hydrogen) atoms. The molecule has 0 saturated carbocycles. The van der Waals surface area contributed by atoms with Crippen molar-refractivity contribution in [2.75, 3.05) is 0 Å². The summed E-state index contributed by atoms with van der Waals surface area (Å²) in [5.74, 6) is 0. The zero-order chi connectivity index (χ0) is 4.50. The molecule has 2 N–H and O–H groups in total. The third kappa shape index (κ3) is 48.8. The summed E-state index contributed by atoms with van der Waals surface area (Å²) in [5, 5.41) is 0. The molecule has 0 aliphatic heterocycles. The first-order chi connectivity index (χ1) is 2.00. The summed E-state index contributed by atoms with van der Waals surface area (Å²) in [5.41, 5.74) is 0. The van der Waals surface area contributed by atoms with E-state index in [0.29, 0.717) is 0 Å². The van der Waals surface area contributed by atoms with Crippen molar-refractivity contribution in [1.29, 1.82) is 0 Å². The first-order valence-corrected chi connectivity index (χ1v) is 2.10. The van der Waals surface area contributed by atoms with Crippen molar-refractivity contribution in [2.45, 2.75) is 0 Å². The van der Waals surface area contributed by atoms with Crippen LogP contribution in [0.4, 0.5) is 0 Å². The molecule has 0 aliphatic rings. The van der Waals surface area contributed by atoms with E-state index >= 15 is 0 Å². The van der Waals surface area contributed by atoms with Gasteiger partial charge in [-0.25, -0.2) is 0 Å². The van der Waals surface area contributed by atoms with Crippen LogP contribution in [-0.2, 0) is 10.4 Å². The Bertz CT molecular complexity index is 103. The van der Waals surface area contributed by atoms with Crippen LogP contribution in [0.5, 0.6) is 0 Å². The first kappa shape index (κ1) is 16.5. The van der Waals surface area contributed by atoms with Gasteiger partial charge in [0.1, 0.15) is 0 Å². The second-order valence-corrected chi connectivity index (χ2v) is 1.34. The van der Waals surface area contributed by atoms with Gasteiger partial charge >= 0.3 is 108 Å². The minimum atomic E-state index is -4.67. The Kier molecular flexibility index (Phi) is 16.8. The number of hydrogen-bond donors (Lipinski definition) is 2. The van der Waals surface area contributed by atoms with Crippen LogP contribution in [0.25, 0.3) is 0 Å². The van der Waals surface area contributed by atoms with Gasteiger partial charge in [-0.1, -0.05) is 0 Å². The van der Waals surface area contributed by atoms with E-state index in [1.165, 1.54) is 0 Å². The maximum Gasteiger partial charge on any atom is 2.00 e. The van der Waals surface area contributed by atoms with Crippen LogP contribution in [0.2, 0.25) is 0 Å². The van der Waals surface area contributed by atoms with E-state index in [1.54, 1.807) is 0 Å². The SMILES string of the molecule is O=S(=O)(O)O.[Ba+2].[Ba+2].[H-].[H-].[H-].[H-]. The van der Waals surface area contributed by atoms with E-state index in [9.17, 15) is 0 Å². The van der Waals surface area contributed by atoms with Crippen molar-refractivity contribution in [2.24, 2.45) is 0 Å².